The quantitative estimate of drug-likeness (QED) is 0.525. The van der Waals surface area contributed by atoms with Gasteiger partial charge in [0.2, 0.25) is 0 Å². The molecule has 0 amide bonds. The van der Waals surface area contributed by atoms with E-state index in [4.69, 9.17) is 28.3 Å². The molecule has 1 N–H and O–H groups in total. The molecule has 4 heteroatoms. The zero-order chi connectivity index (χ0) is 7.98. The fraction of sp³-hybridized carbons (Fsp3) is 0.833. The topological polar surface area (TPSA) is 37.3 Å². The highest BCUT2D eigenvalue weighted by molar-refractivity contribution is 6.29. The minimum Gasteiger partial charge on any atom is -0.480 e. The highest BCUT2D eigenvalue weighted by Crippen LogP contribution is 2.07. The van der Waals surface area contributed by atoms with Crippen LogP contribution in [0.5, 0.6) is 0 Å². The molecule has 0 aliphatic rings. The van der Waals surface area contributed by atoms with Crippen molar-refractivity contribution in [1.82, 2.24) is 0 Å². The fourth-order valence-corrected chi connectivity index (χ4v) is 0.885. The van der Waals surface area contributed by atoms with Crippen LogP contribution in [0, 0.1) is 0 Å². The molecule has 0 heterocycles. The first-order valence-electron chi connectivity index (χ1n) is 3.11. The first-order chi connectivity index (χ1) is 4.68. The van der Waals surface area contributed by atoms with Gasteiger partial charge in [-0.15, -0.1) is 23.2 Å². The number of carboxylic acid groups (broad SMARTS) is 1. The summed E-state index contributed by atoms with van der Waals surface area (Å²) in [7, 11) is 0. The Kier molecular flexibility index (Phi) is 5.84. The average molecular weight is 185 g/mol. The zero-order valence-corrected chi connectivity index (χ0v) is 7.03. The van der Waals surface area contributed by atoms with Crippen molar-refractivity contribution in [3.8, 4) is 0 Å². The molecule has 0 radical (unpaired) electrons. The van der Waals surface area contributed by atoms with Gasteiger partial charge >= 0.3 is 5.97 Å². The first kappa shape index (κ1) is 10.0. The molecular formula is C6H10Cl2O2. The number of hydrogen-bond donors (Lipinski definition) is 1. The third-order valence-electron chi connectivity index (χ3n) is 1.11. The van der Waals surface area contributed by atoms with Crippen molar-refractivity contribution in [2.45, 2.75) is 24.6 Å². The van der Waals surface area contributed by atoms with Crippen LogP contribution < -0.4 is 0 Å². The molecule has 0 saturated heterocycles. The molecule has 0 aliphatic heterocycles. The molecule has 1 atom stereocenters. The summed E-state index contributed by atoms with van der Waals surface area (Å²) < 4.78 is 0. The lowest BCUT2D eigenvalue weighted by atomic mass is 10.2. The smallest absolute Gasteiger partial charge is 0.321 e. The van der Waals surface area contributed by atoms with Gasteiger partial charge in [0.25, 0.3) is 0 Å². The van der Waals surface area contributed by atoms with Crippen molar-refractivity contribution in [1.29, 1.82) is 0 Å². The first-order valence-corrected chi connectivity index (χ1v) is 4.08. The van der Waals surface area contributed by atoms with E-state index in [-0.39, 0.29) is 0 Å². The lowest BCUT2D eigenvalue weighted by Gasteiger charge is -2.00. The minimum absolute atomic E-state index is 0.504. The molecule has 60 valence electrons. The molecule has 0 aromatic carbocycles. The van der Waals surface area contributed by atoms with E-state index < -0.39 is 11.3 Å². The van der Waals surface area contributed by atoms with Gasteiger partial charge in [-0.2, -0.15) is 0 Å². The highest BCUT2D eigenvalue weighted by atomic mass is 35.5. The number of halogens is 2. The molecule has 0 aromatic rings. The van der Waals surface area contributed by atoms with Crippen LogP contribution in [0.2, 0.25) is 0 Å². The van der Waals surface area contributed by atoms with Crippen molar-refractivity contribution in [3.05, 3.63) is 0 Å². The fourth-order valence-electron chi connectivity index (χ4n) is 0.542. The van der Waals surface area contributed by atoms with Crippen LogP contribution in [0.4, 0.5) is 0 Å². The SMILES string of the molecule is O=C(O)[C@@H](Cl)CCCCCl. The number of rotatable bonds is 5. The zero-order valence-electron chi connectivity index (χ0n) is 5.52. The largest absolute Gasteiger partial charge is 0.480 e. The van der Waals surface area contributed by atoms with Crippen LogP contribution in [0.25, 0.3) is 0 Å². The average Bonchev–Trinajstić information content (AvgIpc) is 1.88. The molecule has 2 nitrogen and oxygen atoms in total. The second-order valence-corrected chi connectivity index (χ2v) is 2.90. The molecule has 0 fully saturated rings. The Morgan fingerprint density at radius 3 is 2.50 bits per heavy atom. The van der Waals surface area contributed by atoms with Gasteiger partial charge in [-0.3, -0.25) is 4.79 Å². The molecule has 0 unspecified atom stereocenters. The van der Waals surface area contributed by atoms with E-state index in [2.05, 4.69) is 0 Å². The Hall–Kier alpha value is 0.0500. The Labute approximate surface area is 70.1 Å². The number of alkyl halides is 2. The third kappa shape index (κ3) is 4.89. The van der Waals surface area contributed by atoms with Crippen molar-refractivity contribution in [2.75, 3.05) is 5.88 Å². The predicted octanol–water partition coefficient (Wildman–Crippen LogP) is 2.09. The monoisotopic (exact) mass is 184 g/mol. The summed E-state index contributed by atoms with van der Waals surface area (Å²) in [6, 6.07) is 0. The Morgan fingerprint density at radius 2 is 2.10 bits per heavy atom. The highest BCUT2D eigenvalue weighted by Gasteiger charge is 2.11. The normalized spacial score (nSPS) is 13.0. The molecule has 0 aliphatic carbocycles. The van der Waals surface area contributed by atoms with E-state index in [9.17, 15) is 4.79 Å². The van der Waals surface area contributed by atoms with Crippen LogP contribution in [0.3, 0.4) is 0 Å². The van der Waals surface area contributed by atoms with Gasteiger partial charge in [0.05, 0.1) is 0 Å². The lowest BCUT2D eigenvalue weighted by Crippen LogP contribution is -2.12. The van der Waals surface area contributed by atoms with Crippen LogP contribution in [0.1, 0.15) is 19.3 Å². The van der Waals surface area contributed by atoms with Gasteiger partial charge in [-0.05, 0) is 12.8 Å². The molecule has 0 aromatic heterocycles. The molecule has 10 heavy (non-hydrogen) atoms. The summed E-state index contributed by atoms with van der Waals surface area (Å²) in [4.78, 5) is 10.1. The summed E-state index contributed by atoms with van der Waals surface area (Å²) in [6.45, 7) is 0. The Balaban J connectivity index is 3.21. The molecule has 0 saturated carbocycles. The Morgan fingerprint density at radius 1 is 1.50 bits per heavy atom. The molecule has 0 bridgehead atoms. The molecular weight excluding hydrogens is 175 g/mol. The second-order valence-electron chi connectivity index (χ2n) is 1.99. The maximum absolute atomic E-state index is 10.1. The predicted molar refractivity (Wildman–Crippen MR) is 41.8 cm³/mol. The second kappa shape index (κ2) is 5.81. The van der Waals surface area contributed by atoms with E-state index in [0.717, 1.165) is 12.8 Å². The Bertz CT molecular complexity index is 106. The summed E-state index contributed by atoms with van der Waals surface area (Å²) in [6.07, 6.45) is 2.12. The maximum Gasteiger partial charge on any atom is 0.321 e. The van der Waals surface area contributed by atoms with Crippen LogP contribution in [-0.2, 0) is 4.79 Å². The number of carbonyl (C=O) groups is 1. The van der Waals surface area contributed by atoms with E-state index in [1.165, 1.54) is 0 Å². The summed E-state index contributed by atoms with van der Waals surface area (Å²) >= 11 is 10.8. The summed E-state index contributed by atoms with van der Waals surface area (Å²) in [5.74, 6) is -0.375. The van der Waals surface area contributed by atoms with Crippen molar-refractivity contribution < 1.29 is 9.90 Å². The maximum atomic E-state index is 10.1. The van der Waals surface area contributed by atoms with E-state index >= 15 is 0 Å². The van der Waals surface area contributed by atoms with Crippen LogP contribution in [0.15, 0.2) is 0 Å². The lowest BCUT2D eigenvalue weighted by molar-refractivity contribution is -0.136. The van der Waals surface area contributed by atoms with Crippen LogP contribution >= 0.6 is 23.2 Å². The minimum atomic E-state index is -0.948. The van der Waals surface area contributed by atoms with Gasteiger partial charge in [-0.1, -0.05) is 6.42 Å². The van der Waals surface area contributed by atoms with Crippen molar-refractivity contribution in [3.63, 3.8) is 0 Å². The van der Waals surface area contributed by atoms with E-state index in [1.807, 2.05) is 0 Å². The van der Waals surface area contributed by atoms with Crippen LogP contribution in [-0.4, -0.2) is 22.3 Å². The number of unbranched alkanes of at least 4 members (excludes halogenated alkanes) is 1. The van der Waals surface area contributed by atoms with Gasteiger partial charge in [0.15, 0.2) is 0 Å². The van der Waals surface area contributed by atoms with Gasteiger partial charge < -0.3 is 5.11 Å². The molecule has 0 spiro atoms. The van der Waals surface area contributed by atoms with Gasteiger partial charge in [0, 0.05) is 5.88 Å². The summed E-state index contributed by atoms with van der Waals surface area (Å²) in [5.41, 5.74) is 0. The van der Waals surface area contributed by atoms with E-state index in [1.54, 1.807) is 0 Å². The van der Waals surface area contributed by atoms with Crippen molar-refractivity contribution in [2.24, 2.45) is 0 Å². The van der Waals surface area contributed by atoms with Gasteiger partial charge in [-0.25, -0.2) is 0 Å². The number of hydrogen-bond acceptors (Lipinski definition) is 1. The number of aliphatic carboxylic acids is 1. The number of carboxylic acids is 1. The summed E-state index contributed by atoms with van der Waals surface area (Å²) in [5, 5.41) is 7.57. The standard InChI is InChI=1S/C6H10Cl2O2/c7-4-2-1-3-5(8)6(9)10/h5H,1-4H2,(H,9,10)/t5-/m0/s1. The third-order valence-corrected chi connectivity index (χ3v) is 1.78. The van der Waals surface area contributed by atoms with Crippen molar-refractivity contribution >= 4 is 29.2 Å². The van der Waals surface area contributed by atoms with E-state index in [0.29, 0.717) is 12.3 Å². The van der Waals surface area contributed by atoms with Gasteiger partial charge in [0.1, 0.15) is 5.38 Å². The molecule has 0 rings (SSSR count).